The fourth-order valence-corrected chi connectivity index (χ4v) is 2.56. The predicted octanol–water partition coefficient (Wildman–Crippen LogP) is 1.21. The van der Waals surface area contributed by atoms with E-state index in [0.29, 0.717) is 6.54 Å². The van der Waals surface area contributed by atoms with Crippen molar-refractivity contribution in [3.8, 4) is 6.07 Å². The predicted molar refractivity (Wildman–Crippen MR) is 80.2 cm³/mol. The van der Waals surface area contributed by atoms with Crippen molar-refractivity contribution in [3.63, 3.8) is 0 Å². The number of nitriles is 1. The Morgan fingerprint density at radius 1 is 1.35 bits per heavy atom. The van der Waals surface area contributed by atoms with E-state index in [1.54, 1.807) is 0 Å². The maximum absolute atomic E-state index is 11.9. The first-order valence-electron chi connectivity index (χ1n) is 7.57. The maximum atomic E-state index is 11.9. The molecule has 1 N–H and O–H groups in total. The highest BCUT2D eigenvalue weighted by Crippen LogP contribution is 2.15. The summed E-state index contributed by atoms with van der Waals surface area (Å²) in [5, 5.41) is 12.2. The molecule has 1 rings (SSSR count). The summed E-state index contributed by atoms with van der Waals surface area (Å²) in [6.07, 6.45) is 2.11. The molecule has 0 aliphatic carbocycles. The van der Waals surface area contributed by atoms with Crippen LogP contribution >= 0.6 is 0 Å². The normalized spacial score (nSPS) is 19.4. The first-order chi connectivity index (χ1) is 9.39. The molecule has 1 atom stereocenters. The zero-order chi connectivity index (χ0) is 15.2. The average Bonchev–Trinajstić information content (AvgIpc) is 2.39. The number of piperazine rings is 1. The van der Waals surface area contributed by atoms with Crippen LogP contribution in [-0.2, 0) is 4.79 Å². The third-order valence-corrected chi connectivity index (χ3v) is 3.93. The molecule has 0 saturated carbocycles. The van der Waals surface area contributed by atoms with Crippen LogP contribution in [0.25, 0.3) is 0 Å². The summed E-state index contributed by atoms with van der Waals surface area (Å²) in [5.41, 5.74) is -0.413. The van der Waals surface area contributed by atoms with Crippen LogP contribution < -0.4 is 5.32 Å². The number of nitrogens with zero attached hydrogens (tertiary/aromatic N) is 3. The second kappa shape index (κ2) is 7.61. The number of carbonyl (C=O) groups is 1. The van der Waals surface area contributed by atoms with Crippen LogP contribution in [0, 0.1) is 11.3 Å². The van der Waals surface area contributed by atoms with Gasteiger partial charge in [-0.2, -0.15) is 5.26 Å². The molecule has 0 radical (unpaired) electrons. The second-order valence-electron chi connectivity index (χ2n) is 6.19. The lowest BCUT2D eigenvalue weighted by molar-refractivity contribution is -0.123. The van der Waals surface area contributed by atoms with Crippen LogP contribution in [-0.4, -0.2) is 60.0 Å². The van der Waals surface area contributed by atoms with Gasteiger partial charge in [0.15, 0.2) is 0 Å². The van der Waals surface area contributed by atoms with Crippen LogP contribution in [0.5, 0.6) is 0 Å². The van der Waals surface area contributed by atoms with E-state index in [4.69, 9.17) is 5.26 Å². The summed E-state index contributed by atoms with van der Waals surface area (Å²) in [7, 11) is 0. The van der Waals surface area contributed by atoms with Crippen molar-refractivity contribution in [3.05, 3.63) is 0 Å². The van der Waals surface area contributed by atoms with E-state index in [2.05, 4.69) is 35.0 Å². The summed E-state index contributed by atoms with van der Waals surface area (Å²) < 4.78 is 0. The first kappa shape index (κ1) is 16.9. The Hall–Kier alpha value is -1.12. The first-order valence-corrected chi connectivity index (χ1v) is 7.57. The molecule has 1 fully saturated rings. The molecule has 1 unspecified atom stereocenters. The SMILES string of the molecule is CCCC(C)NC(=O)CN1CCN(C(C)(C)C#N)CC1. The lowest BCUT2D eigenvalue weighted by atomic mass is 10.0. The highest BCUT2D eigenvalue weighted by atomic mass is 16.2. The number of amides is 1. The number of rotatable bonds is 6. The summed E-state index contributed by atoms with van der Waals surface area (Å²) in [5.74, 6) is 0.110. The Morgan fingerprint density at radius 3 is 2.45 bits per heavy atom. The van der Waals surface area contributed by atoms with Crippen LogP contribution in [0.1, 0.15) is 40.5 Å². The van der Waals surface area contributed by atoms with E-state index >= 15 is 0 Å². The van der Waals surface area contributed by atoms with Crippen molar-refractivity contribution in [1.82, 2.24) is 15.1 Å². The minimum atomic E-state index is -0.413. The Kier molecular flexibility index (Phi) is 6.44. The maximum Gasteiger partial charge on any atom is 0.234 e. The summed E-state index contributed by atoms with van der Waals surface area (Å²) >= 11 is 0. The highest BCUT2D eigenvalue weighted by Gasteiger charge is 2.30. The van der Waals surface area contributed by atoms with E-state index in [9.17, 15) is 4.79 Å². The van der Waals surface area contributed by atoms with Crippen LogP contribution in [0.15, 0.2) is 0 Å². The zero-order valence-electron chi connectivity index (χ0n) is 13.3. The second-order valence-corrected chi connectivity index (χ2v) is 6.19. The number of carbonyl (C=O) groups excluding carboxylic acids is 1. The van der Waals surface area contributed by atoms with Gasteiger partial charge in [-0.3, -0.25) is 14.6 Å². The van der Waals surface area contributed by atoms with Crippen molar-refractivity contribution in [2.75, 3.05) is 32.7 Å². The molecule has 0 bridgehead atoms. The number of hydrogen-bond acceptors (Lipinski definition) is 4. The molecule has 20 heavy (non-hydrogen) atoms. The molecule has 0 aromatic heterocycles. The molecule has 1 amide bonds. The van der Waals surface area contributed by atoms with Crippen LogP contribution in [0.4, 0.5) is 0 Å². The van der Waals surface area contributed by atoms with Gasteiger partial charge >= 0.3 is 0 Å². The molecular formula is C15H28N4O. The van der Waals surface area contributed by atoms with Crippen molar-refractivity contribution >= 4 is 5.91 Å². The molecule has 114 valence electrons. The molecular weight excluding hydrogens is 252 g/mol. The third kappa shape index (κ3) is 5.10. The Labute approximate surface area is 122 Å². The van der Waals surface area contributed by atoms with Gasteiger partial charge in [0.05, 0.1) is 12.6 Å². The molecule has 5 heteroatoms. The van der Waals surface area contributed by atoms with Crippen molar-refractivity contribution in [1.29, 1.82) is 5.26 Å². The largest absolute Gasteiger partial charge is 0.353 e. The van der Waals surface area contributed by atoms with Gasteiger partial charge in [0.25, 0.3) is 0 Å². The van der Waals surface area contributed by atoms with Gasteiger partial charge in [-0.05, 0) is 27.2 Å². The average molecular weight is 280 g/mol. The molecule has 1 aliphatic heterocycles. The van der Waals surface area contributed by atoms with Gasteiger partial charge in [-0.15, -0.1) is 0 Å². The van der Waals surface area contributed by atoms with Crippen molar-refractivity contribution < 1.29 is 4.79 Å². The smallest absolute Gasteiger partial charge is 0.234 e. The molecule has 1 aliphatic rings. The highest BCUT2D eigenvalue weighted by molar-refractivity contribution is 5.78. The minimum absolute atomic E-state index is 0.110. The molecule has 0 aromatic rings. The fraction of sp³-hybridized carbons (Fsp3) is 0.867. The lowest BCUT2D eigenvalue weighted by Crippen LogP contribution is -2.55. The van der Waals surface area contributed by atoms with Crippen molar-refractivity contribution in [2.45, 2.75) is 52.1 Å². The van der Waals surface area contributed by atoms with Gasteiger partial charge in [0.2, 0.25) is 5.91 Å². The molecule has 1 heterocycles. The Morgan fingerprint density at radius 2 is 1.95 bits per heavy atom. The van der Waals surface area contributed by atoms with Gasteiger partial charge in [-0.1, -0.05) is 13.3 Å². The zero-order valence-corrected chi connectivity index (χ0v) is 13.3. The van der Waals surface area contributed by atoms with E-state index in [-0.39, 0.29) is 11.9 Å². The molecule has 1 saturated heterocycles. The van der Waals surface area contributed by atoms with Crippen molar-refractivity contribution in [2.24, 2.45) is 0 Å². The third-order valence-electron chi connectivity index (χ3n) is 3.93. The lowest BCUT2D eigenvalue weighted by Gasteiger charge is -2.40. The van der Waals surface area contributed by atoms with E-state index in [1.165, 1.54) is 0 Å². The van der Waals surface area contributed by atoms with Crippen LogP contribution in [0.3, 0.4) is 0 Å². The number of hydrogen-bond donors (Lipinski definition) is 1. The van der Waals surface area contributed by atoms with Gasteiger partial charge in [0.1, 0.15) is 5.54 Å². The van der Waals surface area contributed by atoms with Gasteiger partial charge < -0.3 is 5.32 Å². The minimum Gasteiger partial charge on any atom is -0.353 e. The van der Waals surface area contributed by atoms with E-state index in [1.807, 2.05) is 13.8 Å². The monoisotopic (exact) mass is 280 g/mol. The molecule has 5 nitrogen and oxygen atoms in total. The standard InChI is InChI=1S/C15H28N4O/c1-5-6-13(2)17-14(20)11-18-7-9-19(10-8-18)15(3,4)12-16/h13H,5-11H2,1-4H3,(H,17,20). The summed E-state index contributed by atoms with van der Waals surface area (Å²) in [6.45, 7) is 11.9. The number of nitrogens with one attached hydrogen (secondary N) is 1. The molecule has 0 spiro atoms. The fourth-order valence-electron chi connectivity index (χ4n) is 2.56. The van der Waals surface area contributed by atoms with Gasteiger partial charge in [0, 0.05) is 32.2 Å². The topological polar surface area (TPSA) is 59.4 Å². The van der Waals surface area contributed by atoms with E-state index < -0.39 is 5.54 Å². The van der Waals surface area contributed by atoms with E-state index in [0.717, 1.165) is 39.0 Å². The Bertz CT molecular complexity index is 353. The van der Waals surface area contributed by atoms with Gasteiger partial charge in [-0.25, -0.2) is 0 Å². The quantitative estimate of drug-likeness (QED) is 0.794. The Balaban J connectivity index is 2.32. The van der Waals surface area contributed by atoms with Crippen LogP contribution in [0.2, 0.25) is 0 Å². The molecule has 0 aromatic carbocycles. The summed E-state index contributed by atoms with van der Waals surface area (Å²) in [4.78, 5) is 16.3. The summed E-state index contributed by atoms with van der Waals surface area (Å²) in [6, 6.07) is 2.59.